The highest BCUT2D eigenvalue weighted by molar-refractivity contribution is 5.93. The Labute approximate surface area is 185 Å². The van der Waals surface area contributed by atoms with E-state index < -0.39 is 0 Å². The Bertz CT molecular complexity index is 906. The number of aromatic nitrogens is 3. The van der Waals surface area contributed by atoms with Gasteiger partial charge < -0.3 is 9.47 Å². The summed E-state index contributed by atoms with van der Waals surface area (Å²) in [6.45, 7) is 6.61. The van der Waals surface area contributed by atoms with Crippen molar-refractivity contribution in [2.45, 2.75) is 103 Å². The van der Waals surface area contributed by atoms with E-state index in [1.54, 1.807) is 7.11 Å². The first-order chi connectivity index (χ1) is 15.0. The van der Waals surface area contributed by atoms with Gasteiger partial charge in [0.1, 0.15) is 0 Å². The van der Waals surface area contributed by atoms with Crippen LogP contribution in [0.4, 0.5) is 0 Å². The minimum Gasteiger partial charge on any atom is -0.461 e. The van der Waals surface area contributed by atoms with Crippen LogP contribution in [0.5, 0.6) is 0 Å². The van der Waals surface area contributed by atoms with Gasteiger partial charge in [-0.3, -0.25) is 0 Å². The lowest BCUT2D eigenvalue weighted by Gasteiger charge is -2.28. The fraction of sp³-hybridized carbons (Fsp3) is 0.720. The number of rotatable bonds is 6. The van der Waals surface area contributed by atoms with Crippen molar-refractivity contribution in [3.05, 3.63) is 23.0 Å². The molecule has 0 radical (unpaired) electrons. The lowest BCUT2D eigenvalue weighted by atomic mass is 9.81. The average Bonchev–Trinajstić information content (AvgIpc) is 3.19. The number of pyridine rings is 1. The van der Waals surface area contributed by atoms with Crippen LogP contribution in [0.1, 0.15) is 118 Å². The summed E-state index contributed by atoms with van der Waals surface area (Å²) in [5, 5.41) is 6.30. The summed E-state index contributed by atoms with van der Waals surface area (Å²) in [7, 11) is 1.81. The highest BCUT2D eigenvalue weighted by Crippen LogP contribution is 2.41. The number of carbonyl (C=O) groups is 1. The van der Waals surface area contributed by atoms with Crippen molar-refractivity contribution in [1.29, 1.82) is 0 Å². The van der Waals surface area contributed by atoms with Crippen LogP contribution in [0.25, 0.3) is 11.0 Å². The molecule has 4 rings (SSSR count). The molecule has 0 saturated heterocycles. The maximum Gasteiger partial charge on any atom is 0.357 e. The molecule has 6 heteroatoms. The molecule has 2 heterocycles. The number of carbonyl (C=O) groups excluding carboxylic acids is 1. The second-order valence-corrected chi connectivity index (χ2v) is 9.50. The summed E-state index contributed by atoms with van der Waals surface area (Å²) in [5.41, 5.74) is 3.65. The monoisotopic (exact) mass is 427 g/mol. The number of hydrogen-bond donors (Lipinski definition) is 0. The van der Waals surface area contributed by atoms with Crippen LogP contribution in [-0.4, -0.2) is 40.6 Å². The van der Waals surface area contributed by atoms with Gasteiger partial charge in [0.15, 0.2) is 11.3 Å². The molecular weight excluding hydrogens is 390 g/mol. The van der Waals surface area contributed by atoms with Gasteiger partial charge in [-0.15, -0.1) is 0 Å². The molecule has 2 aromatic heterocycles. The lowest BCUT2D eigenvalue weighted by Crippen LogP contribution is -2.20. The molecule has 2 aliphatic rings. The Hall–Kier alpha value is -1.95. The largest absolute Gasteiger partial charge is 0.461 e. The molecule has 0 atom stereocenters. The molecule has 2 aromatic rings. The Morgan fingerprint density at radius 2 is 1.84 bits per heavy atom. The molecule has 0 bridgehead atoms. The molecule has 31 heavy (non-hydrogen) atoms. The highest BCUT2D eigenvalue weighted by atomic mass is 16.5. The van der Waals surface area contributed by atoms with Crippen LogP contribution in [0.2, 0.25) is 0 Å². The Balaban J connectivity index is 1.86. The smallest absolute Gasteiger partial charge is 0.357 e. The van der Waals surface area contributed by atoms with Crippen molar-refractivity contribution < 1.29 is 14.3 Å². The van der Waals surface area contributed by atoms with Crippen molar-refractivity contribution in [3.63, 3.8) is 0 Å². The van der Waals surface area contributed by atoms with Crippen molar-refractivity contribution >= 4 is 17.0 Å². The molecule has 2 fully saturated rings. The van der Waals surface area contributed by atoms with E-state index in [0.29, 0.717) is 36.3 Å². The lowest BCUT2D eigenvalue weighted by molar-refractivity contribution is 0.0519. The third-order valence-corrected chi connectivity index (χ3v) is 7.12. The average molecular weight is 428 g/mol. The molecule has 6 nitrogen and oxygen atoms in total. The molecular formula is C25H37N3O3. The van der Waals surface area contributed by atoms with Crippen LogP contribution in [0, 0.1) is 0 Å². The summed E-state index contributed by atoms with van der Waals surface area (Å²) < 4.78 is 13.1. The summed E-state index contributed by atoms with van der Waals surface area (Å²) in [4.78, 5) is 17.6. The maximum atomic E-state index is 12.7. The van der Waals surface area contributed by atoms with E-state index >= 15 is 0 Å². The summed E-state index contributed by atoms with van der Waals surface area (Å²) in [6.07, 6.45) is 10.6. The predicted molar refractivity (Wildman–Crippen MR) is 122 cm³/mol. The van der Waals surface area contributed by atoms with E-state index in [0.717, 1.165) is 49.9 Å². The Kier molecular flexibility index (Phi) is 6.95. The quantitative estimate of drug-likeness (QED) is 0.536. The standard InChI is InChI=1S/C25H37N3O3/c1-5-31-25(29)21-15-20(17-11-13-19(30-4)14-12-17)22-23(16(2)3)27-28(24(22)26-21)18-9-7-6-8-10-18/h15-19H,5-14H2,1-4H3. The second kappa shape index (κ2) is 9.68. The summed E-state index contributed by atoms with van der Waals surface area (Å²) in [6, 6.07) is 2.36. The van der Waals surface area contributed by atoms with E-state index in [1.165, 1.54) is 30.2 Å². The first-order valence-corrected chi connectivity index (χ1v) is 12.2. The molecule has 0 unspecified atom stereocenters. The molecule has 0 aliphatic heterocycles. The first kappa shape index (κ1) is 22.3. The van der Waals surface area contributed by atoms with Crippen molar-refractivity contribution in [3.8, 4) is 0 Å². The van der Waals surface area contributed by atoms with E-state index in [1.807, 2.05) is 13.0 Å². The SMILES string of the molecule is CCOC(=O)c1cc(C2CCC(OC)CC2)c2c(C(C)C)nn(C3CCCCC3)c2n1. The normalized spacial score (nSPS) is 22.9. The molecule has 170 valence electrons. The van der Waals surface area contributed by atoms with Gasteiger partial charge in [-0.1, -0.05) is 33.1 Å². The second-order valence-electron chi connectivity index (χ2n) is 9.50. The van der Waals surface area contributed by atoms with Crippen molar-refractivity contribution in [2.24, 2.45) is 0 Å². The molecule has 2 aliphatic carbocycles. The minimum atomic E-state index is -0.335. The highest BCUT2D eigenvalue weighted by Gasteiger charge is 2.30. The van der Waals surface area contributed by atoms with Crippen LogP contribution < -0.4 is 0 Å². The predicted octanol–water partition coefficient (Wildman–Crippen LogP) is 5.91. The number of nitrogens with zero attached hydrogens (tertiary/aromatic N) is 3. The zero-order chi connectivity index (χ0) is 22.0. The fourth-order valence-corrected chi connectivity index (χ4v) is 5.42. The third-order valence-electron chi connectivity index (χ3n) is 7.12. The number of methoxy groups -OCH3 is 1. The van der Waals surface area contributed by atoms with E-state index in [4.69, 9.17) is 19.6 Å². The zero-order valence-electron chi connectivity index (χ0n) is 19.5. The summed E-state index contributed by atoms with van der Waals surface area (Å²) >= 11 is 0. The van der Waals surface area contributed by atoms with Crippen LogP contribution >= 0.6 is 0 Å². The number of ether oxygens (including phenoxy) is 2. The van der Waals surface area contributed by atoms with Gasteiger partial charge in [0.2, 0.25) is 0 Å². The Morgan fingerprint density at radius 1 is 1.13 bits per heavy atom. The molecule has 0 aromatic carbocycles. The van der Waals surface area contributed by atoms with E-state index in [-0.39, 0.29) is 5.97 Å². The fourth-order valence-electron chi connectivity index (χ4n) is 5.42. The van der Waals surface area contributed by atoms with Gasteiger partial charge in [-0.05, 0) is 68.9 Å². The van der Waals surface area contributed by atoms with Gasteiger partial charge in [0.25, 0.3) is 0 Å². The maximum absolute atomic E-state index is 12.7. The third kappa shape index (κ3) is 4.50. The number of hydrogen-bond acceptors (Lipinski definition) is 5. The van der Waals surface area contributed by atoms with Crippen molar-refractivity contribution in [2.75, 3.05) is 13.7 Å². The minimum absolute atomic E-state index is 0.302. The number of esters is 1. The number of fused-ring (bicyclic) bond motifs is 1. The molecule has 0 N–H and O–H groups in total. The zero-order valence-corrected chi connectivity index (χ0v) is 19.5. The van der Waals surface area contributed by atoms with Gasteiger partial charge in [-0.2, -0.15) is 5.10 Å². The van der Waals surface area contributed by atoms with Crippen LogP contribution in [0.15, 0.2) is 6.07 Å². The molecule has 2 saturated carbocycles. The van der Waals surface area contributed by atoms with E-state index in [9.17, 15) is 4.79 Å². The topological polar surface area (TPSA) is 66.2 Å². The van der Waals surface area contributed by atoms with Crippen molar-refractivity contribution in [1.82, 2.24) is 14.8 Å². The Morgan fingerprint density at radius 3 is 2.45 bits per heavy atom. The van der Waals surface area contributed by atoms with Crippen LogP contribution in [-0.2, 0) is 9.47 Å². The van der Waals surface area contributed by atoms with E-state index in [2.05, 4.69) is 18.5 Å². The molecule has 0 spiro atoms. The van der Waals surface area contributed by atoms with Gasteiger partial charge >= 0.3 is 5.97 Å². The first-order valence-electron chi connectivity index (χ1n) is 12.2. The van der Waals surface area contributed by atoms with Gasteiger partial charge in [-0.25, -0.2) is 14.5 Å². The molecule has 0 amide bonds. The van der Waals surface area contributed by atoms with Gasteiger partial charge in [0, 0.05) is 12.5 Å². The van der Waals surface area contributed by atoms with Crippen LogP contribution in [0.3, 0.4) is 0 Å². The summed E-state index contributed by atoms with van der Waals surface area (Å²) in [5.74, 6) is 0.363. The van der Waals surface area contributed by atoms with Gasteiger partial charge in [0.05, 0.1) is 24.4 Å².